The van der Waals surface area contributed by atoms with E-state index in [-0.39, 0.29) is 0 Å². The number of halogens is 1. The molecule has 1 aromatic carbocycles. The van der Waals surface area contributed by atoms with Crippen molar-refractivity contribution in [3.8, 4) is 0 Å². The number of aromatic nitrogens is 2. The molecule has 0 atom stereocenters. The van der Waals surface area contributed by atoms with E-state index in [1.807, 2.05) is 32.2 Å². The van der Waals surface area contributed by atoms with Crippen LogP contribution < -0.4 is 10.6 Å². The van der Waals surface area contributed by atoms with Crippen LogP contribution in [0.4, 0.5) is 11.6 Å². The summed E-state index contributed by atoms with van der Waals surface area (Å²) in [6, 6.07) is 8.14. The second-order valence-electron chi connectivity index (χ2n) is 4.15. The van der Waals surface area contributed by atoms with Crippen LogP contribution >= 0.6 is 15.9 Å². The third kappa shape index (κ3) is 2.61. The number of hydrogen-bond acceptors (Lipinski definition) is 4. The van der Waals surface area contributed by atoms with E-state index in [0.29, 0.717) is 5.82 Å². The normalized spacial score (nSPS) is 10.4. The standard InChI is InChI=1S/C13H15BrN4/c1-9-12(15)16-8-17-13(9)18(2)7-10-5-3-4-6-11(10)14/h3-6,8H,7H2,1-2H3,(H2,15,16,17). The monoisotopic (exact) mass is 306 g/mol. The van der Waals surface area contributed by atoms with Gasteiger partial charge in [-0.05, 0) is 18.6 Å². The molecule has 5 heteroatoms. The molecule has 18 heavy (non-hydrogen) atoms. The van der Waals surface area contributed by atoms with Crippen molar-refractivity contribution >= 4 is 27.6 Å². The molecule has 2 aromatic rings. The smallest absolute Gasteiger partial charge is 0.137 e. The van der Waals surface area contributed by atoms with E-state index in [4.69, 9.17) is 5.73 Å². The van der Waals surface area contributed by atoms with Gasteiger partial charge in [-0.15, -0.1) is 0 Å². The zero-order valence-electron chi connectivity index (χ0n) is 10.4. The SMILES string of the molecule is Cc1c(N)ncnc1N(C)Cc1ccccc1Br. The summed E-state index contributed by atoms with van der Waals surface area (Å²) in [4.78, 5) is 10.3. The van der Waals surface area contributed by atoms with Crippen molar-refractivity contribution in [2.75, 3.05) is 17.7 Å². The Balaban J connectivity index is 2.25. The first-order valence-corrected chi connectivity index (χ1v) is 6.40. The van der Waals surface area contributed by atoms with Gasteiger partial charge in [-0.3, -0.25) is 0 Å². The van der Waals surface area contributed by atoms with Crippen molar-refractivity contribution < 1.29 is 0 Å². The van der Waals surface area contributed by atoms with E-state index >= 15 is 0 Å². The molecule has 2 rings (SSSR count). The molecule has 0 bridgehead atoms. The summed E-state index contributed by atoms with van der Waals surface area (Å²) < 4.78 is 1.09. The van der Waals surface area contributed by atoms with Gasteiger partial charge in [0.15, 0.2) is 0 Å². The molecule has 94 valence electrons. The summed E-state index contributed by atoms with van der Waals surface area (Å²) in [7, 11) is 1.99. The minimum atomic E-state index is 0.527. The summed E-state index contributed by atoms with van der Waals surface area (Å²) in [5, 5.41) is 0. The highest BCUT2D eigenvalue weighted by atomic mass is 79.9. The molecule has 0 aliphatic heterocycles. The molecule has 0 spiro atoms. The number of benzene rings is 1. The van der Waals surface area contributed by atoms with Gasteiger partial charge in [-0.25, -0.2) is 9.97 Å². The van der Waals surface area contributed by atoms with E-state index in [0.717, 1.165) is 22.4 Å². The number of anilines is 2. The molecular weight excluding hydrogens is 292 g/mol. The van der Waals surface area contributed by atoms with Crippen LogP contribution in [0.2, 0.25) is 0 Å². The Bertz CT molecular complexity index is 556. The number of nitrogens with zero attached hydrogens (tertiary/aromatic N) is 3. The van der Waals surface area contributed by atoms with Gasteiger partial charge in [0.05, 0.1) is 0 Å². The molecule has 0 aliphatic rings. The topological polar surface area (TPSA) is 55.0 Å². The van der Waals surface area contributed by atoms with Crippen LogP contribution in [0.5, 0.6) is 0 Å². The lowest BCUT2D eigenvalue weighted by atomic mass is 10.2. The lowest BCUT2D eigenvalue weighted by molar-refractivity contribution is 0.880. The van der Waals surface area contributed by atoms with Gasteiger partial charge in [0.2, 0.25) is 0 Å². The number of nitrogen functional groups attached to an aromatic ring is 1. The minimum Gasteiger partial charge on any atom is -0.383 e. The van der Waals surface area contributed by atoms with Crippen LogP contribution in [0.3, 0.4) is 0 Å². The maximum absolute atomic E-state index is 5.79. The van der Waals surface area contributed by atoms with Crippen LogP contribution in [0.1, 0.15) is 11.1 Å². The molecule has 0 unspecified atom stereocenters. The molecule has 1 aromatic heterocycles. The van der Waals surface area contributed by atoms with Crippen molar-refractivity contribution in [2.24, 2.45) is 0 Å². The first kappa shape index (κ1) is 12.8. The van der Waals surface area contributed by atoms with E-state index in [9.17, 15) is 0 Å². The van der Waals surface area contributed by atoms with Gasteiger partial charge in [0.1, 0.15) is 18.0 Å². The molecule has 4 nitrogen and oxygen atoms in total. The fourth-order valence-corrected chi connectivity index (χ4v) is 2.21. The maximum Gasteiger partial charge on any atom is 0.137 e. The van der Waals surface area contributed by atoms with Crippen molar-refractivity contribution in [1.29, 1.82) is 0 Å². The van der Waals surface area contributed by atoms with Gasteiger partial charge < -0.3 is 10.6 Å². The van der Waals surface area contributed by atoms with Crippen LogP contribution in [0, 0.1) is 6.92 Å². The Morgan fingerprint density at radius 3 is 2.72 bits per heavy atom. The van der Waals surface area contributed by atoms with Gasteiger partial charge in [-0.2, -0.15) is 0 Å². The molecule has 0 aliphatic carbocycles. The second-order valence-corrected chi connectivity index (χ2v) is 5.01. The van der Waals surface area contributed by atoms with Gasteiger partial charge in [0, 0.05) is 23.6 Å². The molecule has 0 saturated heterocycles. The Morgan fingerprint density at radius 1 is 1.28 bits per heavy atom. The average molecular weight is 307 g/mol. The van der Waals surface area contributed by atoms with Crippen LogP contribution in [0.15, 0.2) is 35.1 Å². The number of hydrogen-bond donors (Lipinski definition) is 1. The lowest BCUT2D eigenvalue weighted by Crippen LogP contribution is -2.20. The maximum atomic E-state index is 5.79. The third-order valence-corrected chi connectivity index (χ3v) is 3.60. The van der Waals surface area contributed by atoms with E-state index in [1.54, 1.807) is 0 Å². The first-order valence-electron chi connectivity index (χ1n) is 5.61. The highest BCUT2D eigenvalue weighted by Crippen LogP contribution is 2.23. The summed E-state index contributed by atoms with van der Waals surface area (Å²) in [6.45, 7) is 2.69. The van der Waals surface area contributed by atoms with Crippen LogP contribution in [0.25, 0.3) is 0 Å². The largest absolute Gasteiger partial charge is 0.383 e. The van der Waals surface area contributed by atoms with Gasteiger partial charge in [-0.1, -0.05) is 34.1 Å². The fourth-order valence-electron chi connectivity index (χ4n) is 1.80. The van der Waals surface area contributed by atoms with Crippen molar-refractivity contribution in [3.05, 3.63) is 46.2 Å². The van der Waals surface area contributed by atoms with Crippen molar-refractivity contribution in [1.82, 2.24) is 9.97 Å². The fraction of sp³-hybridized carbons (Fsp3) is 0.231. The lowest BCUT2D eigenvalue weighted by Gasteiger charge is -2.21. The molecule has 0 fully saturated rings. The predicted octanol–water partition coefficient (Wildman–Crippen LogP) is 2.77. The highest BCUT2D eigenvalue weighted by Gasteiger charge is 2.10. The van der Waals surface area contributed by atoms with Gasteiger partial charge >= 0.3 is 0 Å². The van der Waals surface area contributed by atoms with E-state index in [1.165, 1.54) is 11.9 Å². The minimum absolute atomic E-state index is 0.527. The number of rotatable bonds is 3. The molecule has 2 N–H and O–H groups in total. The quantitative estimate of drug-likeness (QED) is 0.947. The van der Waals surface area contributed by atoms with Crippen molar-refractivity contribution in [3.63, 3.8) is 0 Å². The zero-order chi connectivity index (χ0) is 13.1. The Morgan fingerprint density at radius 2 is 2.00 bits per heavy atom. The summed E-state index contributed by atoms with van der Waals surface area (Å²) in [6.07, 6.45) is 1.49. The first-order chi connectivity index (χ1) is 8.59. The molecular formula is C13H15BrN4. The van der Waals surface area contributed by atoms with E-state index < -0.39 is 0 Å². The zero-order valence-corrected chi connectivity index (χ0v) is 12.0. The summed E-state index contributed by atoms with van der Waals surface area (Å²) in [5.41, 5.74) is 7.91. The third-order valence-electron chi connectivity index (χ3n) is 2.82. The molecule has 0 saturated carbocycles. The van der Waals surface area contributed by atoms with Crippen molar-refractivity contribution in [2.45, 2.75) is 13.5 Å². The summed E-state index contributed by atoms with van der Waals surface area (Å²) >= 11 is 3.55. The number of nitrogens with two attached hydrogens (primary N) is 1. The van der Waals surface area contributed by atoms with Crippen LogP contribution in [-0.4, -0.2) is 17.0 Å². The molecule has 1 heterocycles. The highest BCUT2D eigenvalue weighted by molar-refractivity contribution is 9.10. The second kappa shape index (κ2) is 5.35. The van der Waals surface area contributed by atoms with Gasteiger partial charge in [0.25, 0.3) is 0 Å². The predicted molar refractivity (Wildman–Crippen MR) is 77.4 cm³/mol. The Kier molecular flexibility index (Phi) is 3.81. The summed E-state index contributed by atoms with van der Waals surface area (Å²) in [5.74, 6) is 1.39. The molecule has 0 amide bonds. The van der Waals surface area contributed by atoms with Crippen LogP contribution in [-0.2, 0) is 6.54 Å². The average Bonchev–Trinajstić information content (AvgIpc) is 2.35. The van der Waals surface area contributed by atoms with E-state index in [2.05, 4.69) is 36.9 Å². The Labute approximate surface area is 115 Å². The molecule has 0 radical (unpaired) electrons. The Hall–Kier alpha value is -1.62.